The third-order valence-corrected chi connectivity index (χ3v) is 4.84. The van der Waals surface area contributed by atoms with Gasteiger partial charge in [-0.2, -0.15) is 0 Å². The van der Waals surface area contributed by atoms with E-state index in [1.165, 1.54) is 0 Å². The zero-order chi connectivity index (χ0) is 13.7. The van der Waals surface area contributed by atoms with E-state index < -0.39 is 14.6 Å². The Kier molecular flexibility index (Phi) is 5.95. The highest BCUT2D eigenvalue weighted by Crippen LogP contribution is 2.14. The molecule has 102 valence electrons. The molecule has 0 radical (unpaired) electrons. The van der Waals surface area contributed by atoms with Crippen LogP contribution < -0.4 is 11.1 Å². The van der Waals surface area contributed by atoms with Crippen molar-refractivity contribution in [3.05, 3.63) is 0 Å². The zero-order valence-corrected chi connectivity index (χ0v) is 12.3. The molecule has 0 bridgehead atoms. The molecule has 0 aliphatic carbocycles. The number of hydrogen-bond donors (Lipinski definition) is 2. The van der Waals surface area contributed by atoms with Crippen LogP contribution in [0.4, 0.5) is 0 Å². The molecule has 0 spiro atoms. The molecule has 0 aromatic carbocycles. The Labute approximate surface area is 105 Å². The number of sulfone groups is 1. The summed E-state index contributed by atoms with van der Waals surface area (Å²) in [5.74, 6) is 0.811. The summed E-state index contributed by atoms with van der Waals surface area (Å²) < 4.78 is 22.8. The van der Waals surface area contributed by atoms with Gasteiger partial charge < -0.3 is 11.1 Å². The van der Waals surface area contributed by atoms with Crippen LogP contribution in [0.15, 0.2) is 4.99 Å². The van der Waals surface area contributed by atoms with Gasteiger partial charge in [0.1, 0.15) is 0 Å². The van der Waals surface area contributed by atoms with E-state index in [9.17, 15) is 8.42 Å². The van der Waals surface area contributed by atoms with Crippen LogP contribution in [0.25, 0.3) is 0 Å². The van der Waals surface area contributed by atoms with Crippen molar-refractivity contribution in [2.75, 3.05) is 18.8 Å². The Bertz CT molecular complexity index is 353. The van der Waals surface area contributed by atoms with Crippen molar-refractivity contribution >= 4 is 15.8 Å². The van der Waals surface area contributed by atoms with Crippen LogP contribution in [0.3, 0.4) is 0 Å². The van der Waals surface area contributed by atoms with E-state index in [-0.39, 0.29) is 5.75 Å². The van der Waals surface area contributed by atoms with Crippen molar-refractivity contribution in [2.45, 2.75) is 39.4 Å². The van der Waals surface area contributed by atoms with Crippen LogP contribution in [-0.4, -0.2) is 38.0 Å². The minimum Gasteiger partial charge on any atom is -0.370 e. The molecule has 0 aliphatic rings. The minimum atomic E-state index is -3.10. The molecule has 0 fully saturated rings. The Hall–Kier alpha value is -0.780. The Balaban J connectivity index is 4.13. The van der Waals surface area contributed by atoms with Crippen molar-refractivity contribution < 1.29 is 8.42 Å². The standard InChI is InChI=1S/C11H25N3O2S/c1-9(2)8-14-10(12)13-6-7-17(15,16)11(3,4)5/h9H,6-8H2,1-5H3,(H3,12,13,14). The van der Waals surface area contributed by atoms with Crippen LogP contribution in [0, 0.1) is 5.92 Å². The third kappa shape index (κ3) is 6.51. The van der Waals surface area contributed by atoms with Crippen LogP contribution in [-0.2, 0) is 9.84 Å². The molecule has 0 amide bonds. The predicted octanol–water partition coefficient (Wildman–Crippen LogP) is 0.760. The maximum absolute atomic E-state index is 11.8. The van der Waals surface area contributed by atoms with Gasteiger partial charge in [0.15, 0.2) is 15.8 Å². The number of nitrogens with two attached hydrogens (primary N) is 1. The van der Waals surface area contributed by atoms with Gasteiger partial charge in [0.25, 0.3) is 0 Å². The van der Waals surface area contributed by atoms with E-state index in [1.54, 1.807) is 20.8 Å². The first-order chi connectivity index (χ1) is 7.56. The van der Waals surface area contributed by atoms with Crippen LogP contribution >= 0.6 is 0 Å². The van der Waals surface area contributed by atoms with Gasteiger partial charge in [-0.25, -0.2) is 8.42 Å². The molecule has 0 aromatic heterocycles. The fraction of sp³-hybridized carbons (Fsp3) is 0.909. The summed E-state index contributed by atoms with van der Waals surface area (Å²) in [6, 6.07) is 0. The summed E-state index contributed by atoms with van der Waals surface area (Å²) in [5.41, 5.74) is 5.60. The topological polar surface area (TPSA) is 84.5 Å². The molecule has 5 nitrogen and oxygen atoms in total. The molecule has 0 aromatic rings. The maximum atomic E-state index is 11.8. The lowest BCUT2D eigenvalue weighted by Gasteiger charge is -2.19. The lowest BCUT2D eigenvalue weighted by atomic mass is 10.2. The van der Waals surface area contributed by atoms with Crippen LogP contribution in [0.1, 0.15) is 34.6 Å². The molecule has 0 rings (SSSR count). The number of hydrogen-bond acceptors (Lipinski definition) is 3. The average Bonchev–Trinajstić information content (AvgIpc) is 2.12. The van der Waals surface area contributed by atoms with Crippen molar-refractivity contribution in [1.82, 2.24) is 5.32 Å². The van der Waals surface area contributed by atoms with Crippen LogP contribution in [0.5, 0.6) is 0 Å². The molecule has 0 aliphatic heterocycles. The van der Waals surface area contributed by atoms with E-state index in [1.807, 2.05) is 13.8 Å². The Morgan fingerprint density at radius 1 is 1.35 bits per heavy atom. The number of rotatable bonds is 5. The summed E-state index contributed by atoms with van der Waals surface area (Å²) >= 11 is 0. The summed E-state index contributed by atoms with van der Waals surface area (Å²) in [6.07, 6.45) is 0. The minimum absolute atomic E-state index is 0.0639. The van der Waals surface area contributed by atoms with E-state index in [0.717, 1.165) is 0 Å². The number of nitrogens with one attached hydrogen (secondary N) is 1. The molecular weight excluding hydrogens is 238 g/mol. The Morgan fingerprint density at radius 2 is 1.88 bits per heavy atom. The van der Waals surface area contributed by atoms with E-state index in [4.69, 9.17) is 5.73 Å². The molecule has 3 N–H and O–H groups in total. The molecule has 0 saturated heterocycles. The molecule has 0 saturated carbocycles. The number of aliphatic imine (C=N–C) groups is 1. The van der Waals surface area contributed by atoms with Gasteiger partial charge in [-0.15, -0.1) is 0 Å². The fourth-order valence-electron chi connectivity index (χ4n) is 0.956. The second-order valence-corrected chi connectivity index (χ2v) is 8.34. The van der Waals surface area contributed by atoms with Gasteiger partial charge in [-0.1, -0.05) is 13.8 Å². The van der Waals surface area contributed by atoms with E-state index in [0.29, 0.717) is 25.0 Å². The predicted molar refractivity (Wildman–Crippen MR) is 72.9 cm³/mol. The Morgan fingerprint density at radius 3 is 2.29 bits per heavy atom. The SMILES string of the molecule is CC(C)CN=C(N)NCCS(=O)(=O)C(C)(C)C. The van der Waals surface area contributed by atoms with Gasteiger partial charge in [-0.3, -0.25) is 4.99 Å². The lowest BCUT2D eigenvalue weighted by molar-refractivity contribution is 0.559. The van der Waals surface area contributed by atoms with Crippen molar-refractivity contribution in [3.8, 4) is 0 Å². The zero-order valence-electron chi connectivity index (χ0n) is 11.4. The summed E-state index contributed by atoms with van der Waals surface area (Å²) in [5, 5.41) is 2.81. The van der Waals surface area contributed by atoms with Crippen molar-refractivity contribution in [2.24, 2.45) is 16.6 Å². The monoisotopic (exact) mass is 263 g/mol. The van der Waals surface area contributed by atoms with Gasteiger partial charge in [0.05, 0.1) is 10.5 Å². The maximum Gasteiger partial charge on any atom is 0.188 e. The van der Waals surface area contributed by atoms with Crippen molar-refractivity contribution in [3.63, 3.8) is 0 Å². The first-order valence-corrected chi connectivity index (χ1v) is 7.47. The third-order valence-electron chi connectivity index (χ3n) is 2.24. The first kappa shape index (κ1) is 16.2. The van der Waals surface area contributed by atoms with Crippen molar-refractivity contribution in [1.29, 1.82) is 0 Å². The second kappa shape index (κ2) is 6.23. The first-order valence-electron chi connectivity index (χ1n) is 5.82. The number of nitrogens with zero attached hydrogens (tertiary/aromatic N) is 1. The van der Waals surface area contributed by atoms with Gasteiger partial charge in [0, 0.05) is 13.1 Å². The lowest BCUT2D eigenvalue weighted by Crippen LogP contribution is -2.39. The highest BCUT2D eigenvalue weighted by molar-refractivity contribution is 7.92. The molecule has 0 heterocycles. The highest BCUT2D eigenvalue weighted by Gasteiger charge is 2.28. The summed E-state index contributed by atoms with van der Waals surface area (Å²) in [4.78, 5) is 4.09. The van der Waals surface area contributed by atoms with E-state index >= 15 is 0 Å². The highest BCUT2D eigenvalue weighted by atomic mass is 32.2. The second-order valence-electron chi connectivity index (χ2n) is 5.48. The van der Waals surface area contributed by atoms with Gasteiger partial charge in [-0.05, 0) is 26.7 Å². The normalized spacial score (nSPS) is 14.1. The fourth-order valence-corrected chi connectivity index (χ4v) is 1.94. The van der Waals surface area contributed by atoms with E-state index in [2.05, 4.69) is 10.3 Å². The van der Waals surface area contributed by atoms with Gasteiger partial charge >= 0.3 is 0 Å². The molecule has 17 heavy (non-hydrogen) atoms. The smallest absolute Gasteiger partial charge is 0.188 e. The molecule has 0 unspecified atom stereocenters. The summed E-state index contributed by atoms with van der Waals surface area (Å²) in [6.45, 7) is 10.1. The molecule has 6 heteroatoms. The van der Waals surface area contributed by atoms with Gasteiger partial charge in [0.2, 0.25) is 0 Å². The average molecular weight is 263 g/mol. The van der Waals surface area contributed by atoms with Crippen LogP contribution in [0.2, 0.25) is 0 Å². The quantitative estimate of drug-likeness (QED) is 0.566. The number of guanidine groups is 1. The molecule has 0 atom stereocenters. The largest absolute Gasteiger partial charge is 0.370 e. The molecular formula is C11H25N3O2S. The summed E-state index contributed by atoms with van der Waals surface area (Å²) in [7, 11) is -3.10.